The highest BCUT2D eigenvalue weighted by atomic mass is 32.2. The topological polar surface area (TPSA) is 85.9 Å². The highest BCUT2D eigenvalue weighted by molar-refractivity contribution is 7.89. The van der Waals surface area contributed by atoms with Gasteiger partial charge >= 0.3 is 0 Å². The quantitative estimate of drug-likeness (QED) is 0.809. The van der Waals surface area contributed by atoms with Gasteiger partial charge in [-0.3, -0.25) is 0 Å². The van der Waals surface area contributed by atoms with Crippen molar-refractivity contribution in [2.24, 2.45) is 5.14 Å². The molecule has 0 bridgehead atoms. The van der Waals surface area contributed by atoms with Crippen LogP contribution in [0.3, 0.4) is 0 Å². The van der Waals surface area contributed by atoms with E-state index >= 15 is 0 Å². The third-order valence-corrected chi connectivity index (χ3v) is 3.53. The van der Waals surface area contributed by atoms with Gasteiger partial charge in [0, 0.05) is 18.8 Å². The maximum absolute atomic E-state index is 10.9. The summed E-state index contributed by atoms with van der Waals surface area (Å²) in [6.07, 6.45) is 4.40. The van der Waals surface area contributed by atoms with Gasteiger partial charge in [-0.25, -0.2) is 23.5 Å². The monoisotopic (exact) mass is 229 g/mol. The molecule has 0 saturated heterocycles. The van der Waals surface area contributed by atoms with Gasteiger partial charge in [0.05, 0.1) is 5.25 Å². The Morgan fingerprint density at radius 2 is 1.93 bits per heavy atom. The van der Waals surface area contributed by atoms with E-state index in [0.717, 1.165) is 5.56 Å². The number of aryl methyl sites for hydroxylation is 2. The normalized spacial score (nSPS) is 13.8. The first kappa shape index (κ1) is 12.1. The zero-order valence-corrected chi connectivity index (χ0v) is 9.66. The van der Waals surface area contributed by atoms with E-state index in [0.29, 0.717) is 18.7 Å². The molecule has 1 rings (SSSR count). The molecule has 0 aromatic carbocycles. The van der Waals surface area contributed by atoms with Crippen LogP contribution in [0.5, 0.6) is 0 Å². The third kappa shape index (κ3) is 3.93. The zero-order chi connectivity index (χ0) is 11.5. The van der Waals surface area contributed by atoms with Gasteiger partial charge in [-0.2, -0.15) is 0 Å². The molecular weight excluding hydrogens is 214 g/mol. The van der Waals surface area contributed by atoms with Crippen molar-refractivity contribution in [3.8, 4) is 0 Å². The van der Waals surface area contributed by atoms with Crippen LogP contribution in [0.4, 0.5) is 0 Å². The van der Waals surface area contributed by atoms with Crippen LogP contribution in [0.25, 0.3) is 0 Å². The van der Waals surface area contributed by atoms with Crippen molar-refractivity contribution < 1.29 is 8.42 Å². The van der Waals surface area contributed by atoms with Crippen LogP contribution in [-0.4, -0.2) is 23.6 Å². The second kappa shape index (κ2) is 4.67. The van der Waals surface area contributed by atoms with Crippen molar-refractivity contribution in [1.82, 2.24) is 9.97 Å². The van der Waals surface area contributed by atoms with Crippen LogP contribution in [0.2, 0.25) is 0 Å². The van der Waals surface area contributed by atoms with Crippen LogP contribution in [0.15, 0.2) is 12.4 Å². The van der Waals surface area contributed by atoms with Crippen molar-refractivity contribution in [3.63, 3.8) is 0 Å². The molecule has 2 N–H and O–H groups in total. The summed E-state index contributed by atoms with van der Waals surface area (Å²) < 4.78 is 21.9. The highest BCUT2D eigenvalue weighted by Gasteiger charge is 2.15. The van der Waals surface area contributed by atoms with Gasteiger partial charge in [0.2, 0.25) is 10.0 Å². The summed E-state index contributed by atoms with van der Waals surface area (Å²) in [5.74, 6) is 0.649. The summed E-state index contributed by atoms with van der Waals surface area (Å²) >= 11 is 0. The molecule has 1 heterocycles. The molecule has 1 aromatic rings. The standard InChI is InChI=1S/C9H15N3O2S/c1-7-5-11-9(12-6-7)4-3-8(2)15(10,13)14/h5-6,8H,3-4H2,1-2H3,(H2,10,13,14). The van der Waals surface area contributed by atoms with Crippen molar-refractivity contribution in [2.75, 3.05) is 0 Å². The summed E-state index contributed by atoms with van der Waals surface area (Å²) in [7, 11) is -3.44. The number of primary sulfonamides is 1. The Morgan fingerprint density at radius 3 is 2.40 bits per heavy atom. The van der Waals surface area contributed by atoms with Gasteiger partial charge in [-0.15, -0.1) is 0 Å². The van der Waals surface area contributed by atoms with Crippen molar-refractivity contribution >= 4 is 10.0 Å². The Hall–Kier alpha value is -1.01. The van der Waals surface area contributed by atoms with Crippen LogP contribution in [-0.2, 0) is 16.4 Å². The van der Waals surface area contributed by atoms with Crippen molar-refractivity contribution in [1.29, 1.82) is 0 Å². The van der Waals surface area contributed by atoms with Crippen LogP contribution in [0, 0.1) is 6.92 Å². The summed E-state index contributed by atoms with van der Waals surface area (Å²) in [6.45, 7) is 3.49. The summed E-state index contributed by atoms with van der Waals surface area (Å²) in [4.78, 5) is 8.17. The van der Waals surface area contributed by atoms with Gasteiger partial charge in [0.15, 0.2) is 0 Å². The molecule has 0 fully saturated rings. The number of aromatic nitrogens is 2. The number of rotatable bonds is 4. The lowest BCUT2D eigenvalue weighted by Gasteiger charge is -2.07. The van der Waals surface area contributed by atoms with Crippen LogP contribution in [0.1, 0.15) is 24.7 Å². The molecule has 0 aliphatic rings. The minimum atomic E-state index is -3.44. The van der Waals surface area contributed by atoms with Crippen molar-refractivity contribution in [2.45, 2.75) is 31.9 Å². The fraction of sp³-hybridized carbons (Fsp3) is 0.556. The van der Waals surface area contributed by atoms with E-state index in [9.17, 15) is 8.42 Å². The maximum atomic E-state index is 10.9. The minimum Gasteiger partial charge on any atom is -0.241 e. The molecule has 0 aliphatic heterocycles. The molecule has 0 spiro atoms. The second-order valence-electron chi connectivity index (χ2n) is 3.61. The smallest absolute Gasteiger partial charge is 0.211 e. The first-order valence-corrected chi connectivity index (χ1v) is 6.29. The molecular formula is C9H15N3O2S. The molecule has 1 atom stereocenters. The molecule has 84 valence electrons. The van der Waals surface area contributed by atoms with Gasteiger partial charge in [0.25, 0.3) is 0 Å². The fourth-order valence-electron chi connectivity index (χ4n) is 1.05. The maximum Gasteiger partial charge on any atom is 0.211 e. The molecule has 0 saturated carbocycles. The van der Waals surface area contributed by atoms with Crippen molar-refractivity contribution in [3.05, 3.63) is 23.8 Å². The number of nitrogens with two attached hydrogens (primary N) is 1. The number of nitrogens with zero attached hydrogens (tertiary/aromatic N) is 2. The third-order valence-electron chi connectivity index (χ3n) is 2.17. The lowest BCUT2D eigenvalue weighted by molar-refractivity contribution is 0.577. The predicted molar refractivity (Wildman–Crippen MR) is 57.7 cm³/mol. The average molecular weight is 229 g/mol. The Morgan fingerprint density at radius 1 is 1.40 bits per heavy atom. The number of hydrogen-bond donors (Lipinski definition) is 1. The van der Waals surface area contributed by atoms with E-state index in [-0.39, 0.29) is 0 Å². The minimum absolute atomic E-state index is 0.446. The van der Waals surface area contributed by atoms with E-state index in [1.54, 1.807) is 19.3 Å². The van der Waals surface area contributed by atoms with Crippen LogP contribution >= 0.6 is 0 Å². The lowest BCUT2D eigenvalue weighted by Crippen LogP contribution is -2.26. The Bertz CT molecular complexity index is 413. The molecule has 15 heavy (non-hydrogen) atoms. The summed E-state index contributed by atoms with van der Waals surface area (Å²) in [5.41, 5.74) is 0.984. The van der Waals surface area contributed by atoms with Gasteiger partial charge in [-0.05, 0) is 25.8 Å². The molecule has 0 aliphatic carbocycles. The van der Waals surface area contributed by atoms with E-state index in [2.05, 4.69) is 9.97 Å². The highest BCUT2D eigenvalue weighted by Crippen LogP contribution is 2.05. The Labute approximate surface area is 89.8 Å². The first-order chi connectivity index (χ1) is 6.89. The van der Waals surface area contributed by atoms with Crippen LogP contribution < -0.4 is 5.14 Å². The largest absolute Gasteiger partial charge is 0.241 e. The van der Waals surface area contributed by atoms with Gasteiger partial charge in [-0.1, -0.05) is 0 Å². The Kier molecular flexibility index (Phi) is 3.76. The molecule has 6 heteroatoms. The molecule has 0 radical (unpaired) electrons. The lowest BCUT2D eigenvalue weighted by atomic mass is 10.2. The van der Waals surface area contributed by atoms with E-state index in [1.165, 1.54) is 0 Å². The number of hydrogen-bond acceptors (Lipinski definition) is 4. The number of sulfonamides is 1. The first-order valence-electron chi connectivity index (χ1n) is 4.68. The average Bonchev–Trinajstić information content (AvgIpc) is 2.15. The van der Waals surface area contributed by atoms with E-state index < -0.39 is 15.3 Å². The molecule has 5 nitrogen and oxygen atoms in total. The van der Waals surface area contributed by atoms with E-state index in [4.69, 9.17) is 5.14 Å². The summed E-state index contributed by atoms with van der Waals surface area (Å²) in [5, 5.41) is 4.45. The summed E-state index contributed by atoms with van der Waals surface area (Å²) in [6, 6.07) is 0. The van der Waals surface area contributed by atoms with Gasteiger partial charge in [0.1, 0.15) is 5.82 Å². The second-order valence-corrected chi connectivity index (χ2v) is 5.60. The fourth-order valence-corrected chi connectivity index (χ4v) is 1.49. The molecule has 1 aromatic heterocycles. The zero-order valence-electron chi connectivity index (χ0n) is 8.84. The Balaban J connectivity index is 2.55. The SMILES string of the molecule is Cc1cnc(CCC(C)S(N)(=O)=O)nc1. The predicted octanol–water partition coefficient (Wildman–Crippen LogP) is 0.395. The molecule has 1 unspecified atom stereocenters. The molecule has 0 amide bonds. The van der Waals surface area contributed by atoms with Gasteiger partial charge < -0.3 is 0 Å². The van der Waals surface area contributed by atoms with E-state index in [1.807, 2.05) is 6.92 Å².